The van der Waals surface area contributed by atoms with Gasteiger partial charge in [0.15, 0.2) is 29.0 Å². The molecule has 7 rings (SSSR count). The quantitative estimate of drug-likeness (QED) is 0.0462. The van der Waals surface area contributed by atoms with Gasteiger partial charge in [-0.25, -0.2) is 15.0 Å². The summed E-state index contributed by atoms with van der Waals surface area (Å²) in [6.07, 6.45) is -3.09. The molecule has 0 radical (unpaired) electrons. The average Bonchev–Trinajstić information content (AvgIpc) is 3.94. The number of nitrogens with zero attached hydrogens (tertiary/aromatic N) is 4. The number of fused-ring (bicyclic) bond motifs is 1. The van der Waals surface area contributed by atoms with Gasteiger partial charge in [0.25, 0.3) is 5.91 Å². The van der Waals surface area contributed by atoms with Crippen molar-refractivity contribution in [3.63, 3.8) is 0 Å². The Bertz CT molecular complexity index is 2510. The lowest BCUT2D eigenvalue weighted by molar-refractivity contribution is -0.137. The minimum Gasteiger partial charge on any atom is -0.394 e. The number of unbranched alkanes of at least 4 members (excludes halogenated alkanes) is 3. The lowest BCUT2D eigenvalue weighted by Crippen LogP contribution is -2.33. The number of alkyl halides is 3. The number of hydrogen-bond donors (Lipinski definition) is 6. The van der Waals surface area contributed by atoms with Crippen molar-refractivity contribution in [2.75, 3.05) is 30.3 Å². The molecule has 0 unspecified atom stereocenters. The first-order valence-corrected chi connectivity index (χ1v) is 20.3. The van der Waals surface area contributed by atoms with E-state index >= 15 is 0 Å². The summed E-state index contributed by atoms with van der Waals surface area (Å²) in [4.78, 5) is 52.8. The molecule has 2 amide bonds. The van der Waals surface area contributed by atoms with Gasteiger partial charge in [-0.1, -0.05) is 67.4 Å². The molecule has 4 heterocycles. The number of rotatable bonds is 16. The van der Waals surface area contributed by atoms with Crippen molar-refractivity contribution in [1.82, 2.24) is 24.8 Å². The van der Waals surface area contributed by atoms with Crippen molar-refractivity contribution >= 4 is 50.9 Å². The molecule has 6 aromatic rings. The Morgan fingerprint density at radius 3 is 2.28 bits per heavy atom. The van der Waals surface area contributed by atoms with E-state index in [9.17, 15) is 42.9 Å². The number of carbonyl (C=O) groups excluding carboxylic acids is 3. The highest BCUT2D eigenvalue weighted by Gasteiger charge is 2.44. The van der Waals surface area contributed by atoms with Crippen molar-refractivity contribution in [3.05, 3.63) is 114 Å². The maximum absolute atomic E-state index is 14.0. The second-order valence-corrected chi connectivity index (χ2v) is 15.4. The molecular formula is C43H42F3N7O7S. The lowest BCUT2D eigenvalue weighted by Gasteiger charge is -2.16. The Morgan fingerprint density at radius 2 is 1.59 bits per heavy atom. The van der Waals surface area contributed by atoms with Crippen LogP contribution >= 0.6 is 11.3 Å². The Balaban J connectivity index is 0.968. The zero-order chi connectivity index (χ0) is 43.3. The van der Waals surface area contributed by atoms with E-state index in [2.05, 4.69) is 30.9 Å². The predicted octanol–water partition coefficient (Wildman–Crippen LogP) is 6.44. The number of aromatic nitrogens is 4. The highest BCUT2D eigenvalue weighted by atomic mass is 32.1. The number of halogens is 3. The number of aliphatic hydroxyl groups is 3. The Kier molecular flexibility index (Phi) is 13.2. The van der Waals surface area contributed by atoms with Crippen LogP contribution in [0.1, 0.15) is 70.7 Å². The van der Waals surface area contributed by atoms with Gasteiger partial charge in [-0.2, -0.15) is 13.2 Å². The number of ether oxygens (including phenoxy) is 1. The standard InChI is InChI=1S/C43H42F3N7O7S/c1-24(55)52-41-32(34(56)25-10-5-4-6-11-25)31(28-12-9-13-29(20-28)43(44,45)46)37(61-41)26-14-16-27(17-15-26)40(59)48-19-8-3-2-7-18-47-38-33-39(50-22-49-38)53(23-51-33)42-36(58)35(57)30(21-54)60-42/h4-6,9-17,20,22-23,30,35-36,42,54,57-58H,2-3,7-8,18-19,21H2,1H3,(H,48,59)(H,52,55)(H,47,49,50)/t30-,35-,36-,42-/m1/s1. The van der Waals surface area contributed by atoms with Crippen LogP contribution in [0.15, 0.2) is 91.5 Å². The zero-order valence-electron chi connectivity index (χ0n) is 32.7. The van der Waals surface area contributed by atoms with Crippen LogP contribution in [0, 0.1) is 0 Å². The summed E-state index contributed by atoms with van der Waals surface area (Å²) in [6, 6.07) is 19.5. The molecule has 61 heavy (non-hydrogen) atoms. The number of thiophene rings is 1. The molecule has 4 atom stereocenters. The van der Waals surface area contributed by atoms with Gasteiger partial charge >= 0.3 is 6.18 Å². The Morgan fingerprint density at radius 1 is 0.852 bits per heavy atom. The maximum Gasteiger partial charge on any atom is 0.416 e. The number of benzene rings is 3. The fraction of sp³-hybridized carbons (Fsp3) is 0.302. The Labute approximate surface area is 351 Å². The van der Waals surface area contributed by atoms with Crippen LogP contribution in [0.3, 0.4) is 0 Å². The van der Waals surface area contributed by atoms with Gasteiger partial charge in [-0.15, -0.1) is 11.3 Å². The summed E-state index contributed by atoms with van der Waals surface area (Å²) in [7, 11) is 0. The minimum absolute atomic E-state index is 0.0633. The average molecular weight is 858 g/mol. The Hall–Kier alpha value is -6.05. The molecule has 0 saturated carbocycles. The van der Waals surface area contributed by atoms with E-state index in [1.807, 2.05) is 0 Å². The summed E-state index contributed by atoms with van der Waals surface area (Å²) in [5, 5.41) is 39.1. The number of hydrogen-bond acceptors (Lipinski definition) is 12. The topological polar surface area (TPSA) is 201 Å². The van der Waals surface area contributed by atoms with E-state index in [1.54, 1.807) is 54.6 Å². The number of ketones is 1. The largest absolute Gasteiger partial charge is 0.416 e. The van der Waals surface area contributed by atoms with E-state index in [1.165, 1.54) is 36.3 Å². The highest BCUT2D eigenvalue weighted by molar-refractivity contribution is 7.20. The zero-order valence-corrected chi connectivity index (χ0v) is 33.5. The maximum atomic E-state index is 14.0. The van der Waals surface area contributed by atoms with Gasteiger partial charge in [0.05, 0.1) is 24.1 Å². The summed E-state index contributed by atoms with van der Waals surface area (Å²) in [5.41, 5.74) is 1.60. The van der Waals surface area contributed by atoms with Gasteiger partial charge in [-0.3, -0.25) is 19.0 Å². The number of anilines is 2. The number of aliphatic hydroxyl groups excluding tert-OH is 3. The molecule has 1 saturated heterocycles. The second kappa shape index (κ2) is 18.7. The molecule has 6 N–H and O–H groups in total. The van der Waals surface area contributed by atoms with Crippen molar-refractivity contribution in [3.8, 4) is 21.6 Å². The summed E-state index contributed by atoms with van der Waals surface area (Å²) >= 11 is 1.07. The van der Waals surface area contributed by atoms with Gasteiger partial charge in [-0.05, 0) is 48.2 Å². The molecule has 0 spiro atoms. The third kappa shape index (κ3) is 9.48. The monoisotopic (exact) mass is 857 g/mol. The van der Waals surface area contributed by atoms with Crippen LogP contribution in [-0.2, 0) is 15.7 Å². The van der Waals surface area contributed by atoms with Crippen LogP contribution in [0.25, 0.3) is 32.7 Å². The van der Waals surface area contributed by atoms with Crippen LogP contribution in [0.2, 0.25) is 0 Å². The number of carbonyl (C=O) groups is 3. The minimum atomic E-state index is -4.64. The first-order valence-electron chi connectivity index (χ1n) is 19.5. The summed E-state index contributed by atoms with van der Waals surface area (Å²) in [6.45, 7) is 1.84. The van der Waals surface area contributed by atoms with Crippen molar-refractivity contribution in [2.45, 2.75) is 63.3 Å². The smallest absolute Gasteiger partial charge is 0.394 e. The first-order chi connectivity index (χ1) is 29.3. The molecule has 1 aliphatic rings. The lowest BCUT2D eigenvalue weighted by atomic mass is 9.92. The van der Waals surface area contributed by atoms with Gasteiger partial charge in [0.2, 0.25) is 5.91 Å². The van der Waals surface area contributed by atoms with Crippen LogP contribution in [0.4, 0.5) is 24.0 Å². The second-order valence-electron chi connectivity index (χ2n) is 14.4. The molecule has 3 aromatic carbocycles. The van der Waals surface area contributed by atoms with Crippen molar-refractivity contribution < 1.29 is 47.6 Å². The molecule has 14 nitrogen and oxygen atoms in total. The molecule has 1 aliphatic heterocycles. The third-order valence-electron chi connectivity index (χ3n) is 10.2. The van der Waals surface area contributed by atoms with Crippen molar-refractivity contribution in [2.24, 2.45) is 0 Å². The highest BCUT2D eigenvalue weighted by Crippen LogP contribution is 2.48. The number of imidazole rings is 1. The first kappa shape index (κ1) is 43.1. The van der Waals surface area contributed by atoms with Crippen LogP contribution in [0.5, 0.6) is 0 Å². The normalized spacial score (nSPS) is 17.7. The molecule has 0 aliphatic carbocycles. The fourth-order valence-corrected chi connectivity index (χ4v) is 8.40. The molecule has 18 heteroatoms. The summed E-state index contributed by atoms with van der Waals surface area (Å²) < 4.78 is 48.8. The summed E-state index contributed by atoms with van der Waals surface area (Å²) in [5.74, 6) is -0.739. The van der Waals surface area contributed by atoms with E-state index in [4.69, 9.17) is 4.74 Å². The third-order valence-corrected chi connectivity index (χ3v) is 11.3. The van der Waals surface area contributed by atoms with E-state index in [0.29, 0.717) is 51.6 Å². The molecule has 0 bridgehead atoms. The van der Waals surface area contributed by atoms with E-state index in [-0.39, 0.29) is 27.6 Å². The van der Waals surface area contributed by atoms with Crippen LogP contribution in [-0.4, -0.2) is 90.4 Å². The number of nitrogens with one attached hydrogen (secondary N) is 3. The molecule has 1 fully saturated rings. The van der Waals surface area contributed by atoms with Gasteiger partial charge in [0, 0.05) is 41.6 Å². The van der Waals surface area contributed by atoms with Crippen molar-refractivity contribution in [1.29, 1.82) is 0 Å². The fourth-order valence-electron chi connectivity index (χ4n) is 7.12. The number of amides is 2. The molecule has 3 aromatic heterocycles. The van der Waals surface area contributed by atoms with E-state index in [0.717, 1.165) is 49.2 Å². The van der Waals surface area contributed by atoms with Gasteiger partial charge < -0.3 is 36.0 Å². The molecule has 318 valence electrons. The SMILES string of the molecule is CC(=O)Nc1sc(-c2ccc(C(=O)NCCCCCCNc3ncnc4c3ncn4[C@@H]3O[C@H](CO)[C@@H](O)[C@H]3O)cc2)c(-c2cccc(C(F)(F)F)c2)c1C(=O)c1ccccc1. The van der Waals surface area contributed by atoms with Gasteiger partial charge in [0.1, 0.15) is 29.6 Å². The van der Waals surface area contributed by atoms with E-state index < -0.39 is 54.6 Å². The molecular weight excluding hydrogens is 816 g/mol. The predicted molar refractivity (Wildman–Crippen MR) is 222 cm³/mol. The van der Waals surface area contributed by atoms with Crippen LogP contribution < -0.4 is 16.0 Å².